The number of nitrogens with one attached hydrogen (secondary N) is 1. The average Bonchev–Trinajstić information content (AvgIpc) is 3.02. The standard InChI is InChI=1S/C25H23N3O3/c1-16-6-4-5-7-22(16)28-24(30)20-13-10-18(14-21(20)25(28)31)23(29)26-15-17-8-11-19(12-9-17)27(2)3/h4-14H,15H2,1-3H3,(H,26,29). The third-order valence-electron chi connectivity index (χ3n) is 5.41. The maximum atomic E-state index is 13.0. The van der Waals surface area contributed by atoms with Gasteiger partial charge in [0.05, 0.1) is 16.8 Å². The molecular weight excluding hydrogens is 390 g/mol. The molecule has 3 aromatic rings. The third kappa shape index (κ3) is 3.80. The van der Waals surface area contributed by atoms with Gasteiger partial charge in [-0.15, -0.1) is 0 Å². The van der Waals surface area contributed by atoms with E-state index in [9.17, 15) is 14.4 Å². The quantitative estimate of drug-likeness (QED) is 0.646. The van der Waals surface area contributed by atoms with Crippen LogP contribution in [0.3, 0.4) is 0 Å². The van der Waals surface area contributed by atoms with Crippen molar-refractivity contribution in [3.8, 4) is 0 Å². The minimum absolute atomic E-state index is 0.247. The zero-order chi connectivity index (χ0) is 22.1. The van der Waals surface area contributed by atoms with Gasteiger partial charge in [0, 0.05) is 31.9 Å². The molecule has 6 heteroatoms. The first-order valence-electron chi connectivity index (χ1n) is 10.00. The van der Waals surface area contributed by atoms with Gasteiger partial charge in [-0.3, -0.25) is 14.4 Å². The maximum Gasteiger partial charge on any atom is 0.266 e. The zero-order valence-electron chi connectivity index (χ0n) is 17.7. The first kappa shape index (κ1) is 20.3. The summed E-state index contributed by atoms with van der Waals surface area (Å²) in [6.45, 7) is 2.22. The molecule has 4 rings (SSSR count). The number of fused-ring (bicyclic) bond motifs is 1. The van der Waals surface area contributed by atoms with Crippen molar-refractivity contribution in [2.75, 3.05) is 23.9 Å². The highest BCUT2D eigenvalue weighted by Gasteiger charge is 2.37. The molecule has 0 radical (unpaired) electrons. The number of nitrogens with zero attached hydrogens (tertiary/aromatic N) is 2. The average molecular weight is 413 g/mol. The number of carbonyl (C=O) groups is 3. The third-order valence-corrected chi connectivity index (χ3v) is 5.41. The number of imide groups is 1. The lowest BCUT2D eigenvalue weighted by atomic mass is 10.1. The molecule has 0 unspecified atom stereocenters. The molecule has 1 N–H and O–H groups in total. The van der Waals surface area contributed by atoms with Crippen molar-refractivity contribution in [1.82, 2.24) is 5.32 Å². The van der Waals surface area contributed by atoms with Gasteiger partial charge in [0.25, 0.3) is 17.7 Å². The van der Waals surface area contributed by atoms with Crippen molar-refractivity contribution < 1.29 is 14.4 Å². The highest BCUT2D eigenvalue weighted by molar-refractivity contribution is 6.35. The maximum absolute atomic E-state index is 13.0. The fourth-order valence-electron chi connectivity index (χ4n) is 3.61. The van der Waals surface area contributed by atoms with Crippen LogP contribution in [0.15, 0.2) is 66.7 Å². The van der Waals surface area contributed by atoms with Crippen molar-refractivity contribution in [1.29, 1.82) is 0 Å². The summed E-state index contributed by atoms with van der Waals surface area (Å²) >= 11 is 0. The molecule has 1 aliphatic heterocycles. The molecule has 1 aliphatic rings. The number of rotatable bonds is 5. The van der Waals surface area contributed by atoms with Gasteiger partial charge in [-0.25, -0.2) is 4.90 Å². The Labute approximate surface area is 181 Å². The van der Waals surface area contributed by atoms with Crippen molar-refractivity contribution in [3.63, 3.8) is 0 Å². The summed E-state index contributed by atoms with van der Waals surface area (Å²) in [5, 5.41) is 2.87. The summed E-state index contributed by atoms with van der Waals surface area (Å²) in [5.41, 5.74) is 4.33. The topological polar surface area (TPSA) is 69.7 Å². The number of hydrogen-bond donors (Lipinski definition) is 1. The van der Waals surface area contributed by atoms with E-state index in [4.69, 9.17) is 0 Å². The highest BCUT2D eigenvalue weighted by Crippen LogP contribution is 2.31. The van der Waals surface area contributed by atoms with Crippen LogP contribution in [0.25, 0.3) is 0 Å². The second-order valence-corrected chi connectivity index (χ2v) is 7.74. The number of para-hydroxylation sites is 1. The largest absolute Gasteiger partial charge is 0.378 e. The normalized spacial score (nSPS) is 12.7. The lowest BCUT2D eigenvalue weighted by molar-refractivity contribution is 0.0923. The number of amides is 3. The fraction of sp³-hybridized carbons (Fsp3) is 0.160. The van der Waals surface area contributed by atoms with E-state index in [0.717, 1.165) is 16.8 Å². The van der Waals surface area contributed by atoms with Gasteiger partial charge in [0.1, 0.15) is 0 Å². The number of benzene rings is 3. The number of hydrogen-bond acceptors (Lipinski definition) is 4. The molecule has 3 amide bonds. The molecular formula is C25H23N3O3. The van der Waals surface area contributed by atoms with Crippen LogP contribution < -0.4 is 15.1 Å². The molecule has 31 heavy (non-hydrogen) atoms. The Kier molecular flexibility index (Phi) is 5.29. The van der Waals surface area contributed by atoms with E-state index in [1.54, 1.807) is 24.3 Å². The lowest BCUT2D eigenvalue weighted by Crippen LogP contribution is -2.30. The van der Waals surface area contributed by atoms with Crippen LogP contribution in [0.1, 0.15) is 42.2 Å². The van der Waals surface area contributed by atoms with E-state index in [-0.39, 0.29) is 17.4 Å². The summed E-state index contributed by atoms with van der Waals surface area (Å²) in [4.78, 5) is 41.6. The van der Waals surface area contributed by atoms with Crippen LogP contribution in [0.2, 0.25) is 0 Å². The first-order chi connectivity index (χ1) is 14.9. The van der Waals surface area contributed by atoms with Gasteiger partial charge >= 0.3 is 0 Å². The van der Waals surface area contributed by atoms with E-state index in [1.807, 2.05) is 62.3 Å². The Balaban J connectivity index is 1.51. The highest BCUT2D eigenvalue weighted by atomic mass is 16.2. The Morgan fingerprint density at radius 3 is 2.26 bits per heavy atom. The predicted molar refractivity (Wildman–Crippen MR) is 121 cm³/mol. The molecule has 0 saturated heterocycles. The van der Waals surface area contributed by atoms with Crippen LogP contribution in [0.4, 0.5) is 11.4 Å². The Morgan fingerprint density at radius 2 is 1.58 bits per heavy atom. The molecule has 0 aliphatic carbocycles. The molecule has 0 aromatic heterocycles. The van der Waals surface area contributed by atoms with E-state index >= 15 is 0 Å². The van der Waals surface area contributed by atoms with E-state index in [1.165, 1.54) is 11.0 Å². The van der Waals surface area contributed by atoms with Crippen molar-refractivity contribution >= 4 is 29.1 Å². The fourth-order valence-corrected chi connectivity index (χ4v) is 3.61. The van der Waals surface area contributed by atoms with Crippen molar-refractivity contribution in [2.45, 2.75) is 13.5 Å². The van der Waals surface area contributed by atoms with Gasteiger partial charge in [-0.1, -0.05) is 30.3 Å². The zero-order valence-corrected chi connectivity index (χ0v) is 17.7. The lowest BCUT2D eigenvalue weighted by Gasteiger charge is -2.16. The second-order valence-electron chi connectivity index (χ2n) is 7.74. The van der Waals surface area contributed by atoms with Crippen molar-refractivity contribution in [3.05, 3.63) is 94.5 Å². The van der Waals surface area contributed by atoms with E-state index < -0.39 is 5.91 Å². The number of carbonyl (C=O) groups excluding carboxylic acids is 3. The summed E-state index contributed by atoms with van der Waals surface area (Å²) in [5.74, 6) is -1.08. The summed E-state index contributed by atoms with van der Waals surface area (Å²) < 4.78 is 0. The van der Waals surface area contributed by atoms with Gasteiger partial charge in [0.15, 0.2) is 0 Å². The van der Waals surface area contributed by atoms with Crippen LogP contribution in [0.5, 0.6) is 0 Å². The number of aryl methyl sites for hydroxylation is 1. The molecule has 0 saturated carbocycles. The summed E-state index contributed by atoms with van der Waals surface area (Å²) in [6, 6.07) is 19.8. The minimum atomic E-state index is -0.414. The smallest absolute Gasteiger partial charge is 0.266 e. The number of anilines is 2. The molecule has 0 atom stereocenters. The predicted octanol–water partition coefficient (Wildman–Crippen LogP) is 3.79. The van der Waals surface area contributed by atoms with Gasteiger partial charge < -0.3 is 10.2 Å². The van der Waals surface area contributed by atoms with Crippen LogP contribution in [0, 0.1) is 6.92 Å². The van der Waals surface area contributed by atoms with Gasteiger partial charge in [-0.05, 0) is 54.4 Å². The minimum Gasteiger partial charge on any atom is -0.378 e. The molecule has 156 valence electrons. The first-order valence-corrected chi connectivity index (χ1v) is 10.00. The van der Waals surface area contributed by atoms with Crippen molar-refractivity contribution in [2.24, 2.45) is 0 Å². The SMILES string of the molecule is Cc1ccccc1N1C(=O)c2ccc(C(=O)NCc3ccc(N(C)C)cc3)cc2C1=O. The molecule has 3 aromatic carbocycles. The Morgan fingerprint density at radius 1 is 0.903 bits per heavy atom. The molecule has 0 fully saturated rings. The Bertz CT molecular complexity index is 1180. The van der Waals surface area contributed by atoms with Crippen LogP contribution in [-0.4, -0.2) is 31.8 Å². The molecule has 0 spiro atoms. The van der Waals surface area contributed by atoms with Gasteiger partial charge in [0.2, 0.25) is 0 Å². The van der Waals surface area contributed by atoms with E-state index in [0.29, 0.717) is 23.4 Å². The second kappa shape index (κ2) is 8.07. The Hall–Kier alpha value is -3.93. The summed E-state index contributed by atoms with van der Waals surface area (Å²) in [7, 11) is 3.94. The molecule has 1 heterocycles. The van der Waals surface area contributed by atoms with Gasteiger partial charge in [-0.2, -0.15) is 0 Å². The summed E-state index contributed by atoms with van der Waals surface area (Å²) in [6.07, 6.45) is 0. The van der Waals surface area contributed by atoms with Crippen LogP contribution in [-0.2, 0) is 6.54 Å². The molecule has 6 nitrogen and oxygen atoms in total. The monoisotopic (exact) mass is 413 g/mol. The van der Waals surface area contributed by atoms with Crippen LogP contribution >= 0.6 is 0 Å². The molecule has 0 bridgehead atoms. The van der Waals surface area contributed by atoms with E-state index in [2.05, 4.69) is 5.32 Å².